The Kier molecular flexibility index (Phi) is 4.11. The fourth-order valence-electron chi connectivity index (χ4n) is 1.73. The predicted octanol–water partition coefficient (Wildman–Crippen LogP) is 2.99. The molecule has 0 aliphatic rings. The van der Waals surface area contributed by atoms with Gasteiger partial charge in [-0.1, -0.05) is 11.6 Å². The third-order valence-electron chi connectivity index (χ3n) is 2.77. The number of halogens is 1. The van der Waals surface area contributed by atoms with Crippen LogP contribution in [0.1, 0.15) is 0 Å². The molecule has 2 rings (SSSR count). The minimum absolute atomic E-state index is 0.0195. The van der Waals surface area contributed by atoms with Gasteiger partial charge in [0.25, 0.3) is 11.4 Å². The maximum absolute atomic E-state index is 12.5. The number of sulfone groups is 1. The van der Waals surface area contributed by atoms with E-state index >= 15 is 0 Å². The first-order chi connectivity index (χ1) is 10.2. The molecule has 2 aromatic rings. The fraction of sp³-hybridized carbons (Fsp3) is 0. The Morgan fingerprint density at radius 2 is 1.50 bits per heavy atom. The summed E-state index contributed by atoms with van der Waals surface area (Å²) in [5.74, 6) is 0. The summed E-state index contributed by atoms with van der Waals surface area (Å²) in [6.07, 6.45) is 0. The third-order valence-corrected chi connectivity index (χ3v) is 4.80. The van der Waals surface area contributed by atoms with Crippen LogP contribution in [0, 0.1) is 20.2 Å². The van der Waals surface area contributed by atoms with Gasteiger partial charge in [-0.15, -0.1) is 0 Å². The van der Waals surface area contributed by atoms with E-state index in [1.165, 1.54) is 6.07 Å². The largest absolute Gasteiger partial charge is 0.288 e. The van der Waals surface area contributed by atoms with Crippen LogP contribution in [-0.2, 0) is 9.84 Å². The zero-order chi connectivity index (χ0) is 16.5. The van der Waals surface area contributed by atoms with Crippen molar-refractivity contribution in [1.82, 2.24) is 0 Å². The number of non-ortho nitro benzene ring substituents is 1. The molecule has 0 saturated heterocycles. The molecule has 0 heterocycles. The topological polar surface area (TPSA) is 120 Å². The third kappa shape index (κ3) is 2.90. The minimum atomic E-state index is -4.23. The van der Waals surface area contributed by atoms with Gasteiger partial charge < -0.3 is 0 Å². The minimum Gasteiger partial charge on any atom is -0.258 e. The molecule has 0 saturated carbocycles. The summed E-state index contributed by atoms with van der Waals surface area (Å²) in [6.45, 7) is 0. The normalized spacial score (nSPS) is 11.1. The highest BCUT2D eigenvalue weighted by Gasteiger charge is 2.28. The predicted molar refractivity (Wildman–Crippen MR) is 76.7 cm³/mol. The summed E-state index contributed by atoms with van der Waals surface area (Å²) in [7, 11) is -4.23. The van der Waals surface area contributed by atoms with Gasteiger partial charge in [0.15, 0.2) is 4.90 Å². The molecule has 0 spiro atoms. The van der Waals surface area contributed by atoms with Crippen LogP contribution in [0.5, 0.6) is 0 Å². The number of rotatable bonds is 4. The van der Waals surface area contributed by atoms with Crippen molar-refractivity contribution in [2.45, 2.75) is 9.79 Å². The molecule has 0 amide bonds. The average Bonchev–Trinajstić information content (AvgIpc) is 2.46. The summed E-state index contributed by atoms with van der Waals surface area (Å²) in [6, 6.07) is 7.19. The molecule has 22 heavy (non-hydrogen) atoms. The van der Waals surface area contributed by atoms with E-state index in [2.05, 4.69) is 0 Å². The van der Waals surface area contributed by atoms with E-state index in [0.717, 1.165) is 36.4 Å². The molecule has 0 unspecified atom stereocenters. The van der Waals surface area contributed by atoms with E-state index in [-0.39, 0.29) is 15.6 Å². The molecule has 0 aliphatic carbocycles. The molecule has 0 N–H and O–H groups in total. The van der Waals surface area contributed by atoms with Gasteiger partial charge in [-0.05, 0) is 24.3 Å². The van der Waals surface area contributed by atoms with E-state index in [1.807, 2.05) is 0 Å². The van der Waals surface area contributed by atoms with E-state index < -0.39 is 30.3 Å². The van der Waals surface area contributed by atoms with Crippen LogP contribution >= 0.6 is 11.6 Å². The number of benzene rings is 2. The maximum Gasteiger partial charge on any atom is 0.288 e. The quantitative estimate of drug-likeness (QED) is 0.622. The van der Waals surface area contributed by atoms with Crippen LogP contribution in [0.3, 0.4) is 0 Å². The van der Waals surface area contributed by atoms with Gasteiger partial charge in [0.1, 0.15) is 0 Å². The van der Waals surface area contributed by atoms with Crippen LogP contribution in [0.25, 0.3) is 0 Å². The van der Waals surface area contributed by atoms with Crippen molar-refractivity contribution < 1.29 is 18.3 Å². The fourth-order valence-corrected chi connectivity index (χ4v) is 3.41. The number of hydrogen-bond acceptors (Lipinski definition) is 6. The second kappa shape index (κ2) is 5.70. The number of nitro benzene ring substituents is 2. The van der Waals surface area contributed by atoms with E-state index in [9.17, 15) is 28.6 Å². The first-order valence-electron chi connectivity index (χ1n) is 5.67. The molecule has 0 fully saturated rings. The molecule has 0 bridgehead atoms. The summed E-state index contributed by atoms with van der Waals surface area (Å²) < 4.78 is 24.9. The van der Waals surface area contributed by atoms with Crippen molar-refractivity contribution in [3.8, 4) is 0 Å². The molecule has 0 radical (unpaired) electrons. The van der Waals surface area contributed by atoms with Gasteiger partial charge in [-0.2, -0.15) is 0 Å². The van der Waals surface area contributed by atoms with Gasteiger partial charge in [0.2, 0.25) is 9.84 Å². The van der Waals surface area contributed by atoms with Gasteiger partial charge in [-0.25, -0.2) is 8.42 Å². The summed E-state index contributed by atoms with van der Waals surface area (Å²) in [4.78, 5) is 19.1. The van der Waals surface area contributed by atoms with Crippen molar-refractivity contribution >= 4 is 32.8 Å². The first kappa shape index (κ1) is 15.9. The van der Waals surface area contributed by atoms with E-state index in [1.54, 1.807) is 0 Å². The van der Waals surface area contributed by atoms with Crippen LogP contribution in [0.2, 0.25) is 5.02 Å². The molecule has 0 aliphatic heterocycles. The highest BCUT2D eigenvalue weighted by Crippen LogP contribution is 2.32. The molecule has 114 valence electrons. The Hall–Kier alpha value is -2.52. The van der Waals surface area contributed by atoms with Crippen molar-refractivity contribution in [2.75, 3.05) is 0 Å². The van der Waals surface area contributed by atoms with Crippen molar-refractivity contribution in [3.05, 3.63) is 67.7 Å². The average molecular weight is 343 g/mol. The molecular formula is C12H7ClN2O6S. The Labute approximate surface area is 129 Å². The molecular weight excluding hydrogens is 336 g/mol. The lowest BCUT2D eigenvalue weighted by Crippen LogP contribution is -2.06. The molecule has 2 aromatic carbocycles. The van der Waals surface area contributed by atoms with Crippen molar-refractivity contribution in [1.29, 1.82) is 0 Å². The van der Waals surface area contributed by atoms with Gasteiger partial charge in [-0.3, -0.25) is 20.2 Å². The molecule has 0 atom stereocenters. The smallest absolute Gasteiger partial charge is 0.258 e. The second-order valence-corrected chi connectivity index (χ2v) is 6.48. The summed E-state index contributed by atoms with van der Waals surface area (Å²) in [5.41, 5.74) is -0.915. The van der Waals surface area contributed by atoms with Gasteiger partial charge in [0, 0.05) is 23.2 Å². The molecule has 8 nitrogen and oxygen atoms in total. The lowest BCUT2D eigenvalue weighted by Gasteiger charge is -2.06. The van der Waals surface area contributed by atoms with Crippen LogP contribution in [-0.4, -0.2) is 18.3 Å². The zero-order valence-corrected chi connectivity index (χ0v) is 12.2. The Morgan fingerprint density at radius 3 is 2.00 bits per heavy atom. The maximum atomic E-state index is 12.5. The highest BCUT2D eigenvalue weighted by atomic mass is 35.5. The lowest BCUT2D eigenvalue weighted by molar-refractivity contribution is -0.387. The Balaban J connectivity index is 2.62. The number of nitro groups is 2. The molecule has 0 aromatic heterocycles. The molecule has 10 heteroatoms. The van der Waals surface area contributed by atoms with Crippen molar-refractivity contribution in [3.63, 3.8) is 0 Å². The second-order valence-electron chi connectivity index (χ2n) is 4.12. The van der Waals surface area contributed by atoms with Gasteiger partial charge >= 0.3 is 0 Å². The summed E-state index contributed by atoms with van der Waals surface area (Å²) >= 11 is 5.71. The van der Waals surface area contributed by atoms with Gasteiger partial charge in [0.05, 0.1) is 14.7 Å². The standard InChI is InChI=1S/C12H7ClN2O6S/c13-8-1-6-11(15(18)19)12(7-8)22(20,21)10-4-2-9(3-5-10)14(16)17/h1-7H. The Bertz CT molecular complexity index is 864. The van der Waals surface area contributed by atoms with Crippen LogP contribution in [0.4, 0.5) is 11.4 Å². The first-order valence-corrected chi connectivity index (χ1v) is 7.53. The van der Waals surface area contributed by atoms with Crippen molar-refractivity contribution in [2.24, 2.45) is 0 Å². The number of hydrogen-bond donors (Lipinski definition) is 0. The summed E-state index contributed by atoms with van der Waals surface area (Å²) in [5, 5.41) is 21.6. The zero-order valence-electron chi connectivity index (χ0n) is 10.7. The van der Waals surface area contributed by atoms with Crippen LogP contribution in [0.15, 0.2) is 52.3 Å². The van der Waals surface area contributed by atoms with E-state index in [4.69, 9.17) is 11.6 Å². The number of nitrogens with zero attached hydrogens (tertiary/aromatic N) is 2. The highest BCUT2D eigenvalue weighted by molar-refractivity contribution is 7.91. The Morgan fingerprint density at radius 1 is 0.909 bits per heavy atom. The monoisotopic (exact) mass is 342 g/mol. The van der Waals surface area contributed by atoms with E-state index in [0.29, 0.717) is 0 Å². The van der Waals surface area contributed by atoms with Crippen LogP contribution < -0.4 is 0 Å². The SMILES string of the molecule is O=[N+]([O-])c1ccc(S(=O)(=O)c2cc(Cl)ccc2[N+](=O)[O-])cc1. The lowest BCUT2D eigenvalue weighted by atomic mass is 10.3.